The Morgan fingerprint density at radius 2 is 1.81 bits per heavy atom. The minimum Gasteiger partial charge on any atom is -0.350 e. The van der Waals surface area contributed by atoms with Gasteiger partial charge in [-0.3, -0.25) is 9.59 Å². The van der Waals surface area contributed by atoms with Crippen LogP contribution in [-0.4, -0.2) is 11.8 Å². The fourth-order valence-corrected chi connectivity index (χ4v) is 3.30. The van der Waals surface area contributed by atoms with Crippen LogP contribution in [0.2, 0.25) is 0 Å². The first-order valence-corrected chi connectivity index (χ1v) is 9.24. The van der Waals surface area contributed by atoms with E-state index in [0.29, 0.717) is 11.4 Å². The Morgan fingerprint density at radius 1 is 1.00 bits per heavy atom. The van der Waals surface area contributed by atoms with Crippen LogP contribution in [0.5, 0.6) is 0 Å². The molecule has 3 aromatic rings. The number of hydrogen-bond donors (Lipinski definition) is 2. The van der Waals surface area contributed by atoms with Gasteiger partial charge in [0, 0.05) is 6.54 Å². The molecule has 1 heterocycles. The van der Waals surface area contributed by atoms with Gasteiger partial charge in [0.2, 0.25) is 5.91 Å². The highest BCUT2D eigenvalue weighted by atomic mass is 32.1. The predicted octanol–water partition coefficient (Wildman–Crippen LogP) is 3.84. The molecule has 0 aliphatic carbocycles. The summed E-state index contributed by atoms with van der Waals surface area (Å²) < 4.78 is 0. The van der Waals surface area contributed by atoms with Crippen molar-refractivity contribution in [3.63, 3.8) is 0 Å². The Kier molecular flexibility index (Phi) is 5.81. The average molecular weight is 364 g/mol. The molecule has 132 valence electrons. The summed E-state index contributed by atoms with van der Waals surface area (Å²) in [7, 11) is 0. The molecular formula is C21H20N2O2S. The maximum absolute atomic E-state index is 12.8. The van der Waals surface area contributed by atoms with Crippen LogP contribution >= 0.6 is 11.3 Å². The molecule has 5 heteroatoms. The van der Waals surface area contributed by atoms with Gasteiger partial charge in [-0.25, -0.2) is 0 Å². The van der Waals surface area contributed by atoms with Crippen LogP contribution in [0.1, 0.15) is 32.4 Å². The van der Waals surface area contributed by atoms with E-state index in [1.54, 1.807) is 6.07 Å². The second-order valence-electron chi connectivity index (χ2n) is 6.00. The Labute approximate surface area is 156 Å². The number of amides is 2. The lowest BCUT2D eigenvalue weighted by atomic mass is 10.1. The van der Waals surface area contributed by atoms with Crippen LogP contribution in [0.3, 0.4) is 0 Å². The van der Waals surface area contributed by atoms with Gasteiger partial charge in [-0.1, -0.05) is 66.2 Å². The third-order valence-corrected chi connectivity index (χ3v) is 4.83. The number of rotatable bonds is 6. The molecule has 0 aliphatic rings. The van der Waals surface area contributed by atoms with E-state index in [1.807, 2.05) is 73.0 Å². The first-order valence-electron chi connectivity index (χ1n) is 8.36. The Hall–Kier alpha value is -2.92. The zero-order chi connectivity index (χ0) is 18.4. The van der Waals surface area contributed by atoms with Gasteiger partial charge in [0.1, 0.15) is 6.04 Å². The van der Waals surface area contributed by atoms with E-state index in [2.05, 4.69) is 10.6 Å². The average Bonchev–Trinajstić information content (AvgIpc) is 3.20. The summed E-state index contributed by atoms with van der Waals surface area (Å²) in [5.74, 6) is -0.484. The standard InChI is InChI=1S/C21H20N2O2S/c1-15-7-5-8-16(13-15)14-22-21(25)19(17-9-3-2-4-10-17)23-20(24)18-11-6-12-26-18/h2-13,19H,14H2,1H3,(H,22,25)(H,23,24)/t19-/m1/s1. The molecule has 0 radical (unpaired) electrons. The highest BCUT2D eigenvalue weighted by molar-refractivity contribution is 7.12. The molecule has 4 nitrogen and oxygen atoms in total. The maximum atomic E-state index is 12.8. The van der Waals surface area contributed by atoms with Gasteiger partial charge in [-0.15, -0.1) is 11.3 Å². The molecule has 0 bridgehead atoms. The lowest BCUT2D eigenvalue weighted by Gasteiger charge is -2.19. The summed E-state index contributed by atoms with van der Waals surface area (Å²) in [5, 5.41) is 7.61. The highest BCUT2D eigenvalue weighted by Gasteiger charge is 2.23. The molecule has 0 unspecified atom stereocenters. The molecule has 2 aromatic carbocycles. The van der Waals surface area contributed by atoms with Crippen molar-refractivity contribution in [3.05, 3.63) is 93.7 Å². The SMILES string of the molecule is Cc1cccc(CNC(=O)[C@H](NC(=O)c2cccs2)c2ccccc2)c1. The summed E-state index contributed by atoms with van der Waals surface area (Å²) in [6, 6.07) is 20.1. The largest absolute Gasteiger partial charge is 0.350 e. The van der Waals surface area contributed by atoms with Gasteiger partial charge in [0.25, 0.3) is 5.91 Å². The minimum absolute atomic E-state index is 0.234. The molecule has 26 heavy (non-hydrogen) atoms. The van der Waals surface area contributed by atoms with Crippen LogP contribution in [-0.2, 0) is 11.3 Å². The number of thiophene rings is 1. The molecule has 1 atom stereocenters. The molecule has 0 saturated carbocycles. The van der Waals surface area contributed by atoms with Crippen molar-refractivity contribution in [2.24, 2.45) is 0 Å². The summed E-state index contributed by atoms with van der Waals surface area (Å²) in [6.45, 7) is 2.43. The number of carbonyl (C=O) groups excluding carboxylic acids is 2. The molecule has 0 saturated heterocycles. The first kappa shape index (κ1) is 17.9. The molecule has 2 amide bonds. The van der Waals surface area contributed by atoms with Crippen molar-refractivity contribution >= 4 is 23.2 Å². The smallest absolute Gasteiger partial charge is 0.262 e. The predicted molar refractivity (Wildman–Crippen MR) is 104 cm³/mol. The lowest BCUT2D eigenvalue weighted by Crippen LogP contribution is -2.40. The third kappa shape index (κ3) is 4.58. The van der Waals surface area contributed by atoms with Crippen molar-refractivity contribution in [1.29, 1.82) is 0 Å². The van der Waals surface area contributed by atoms with E-state index >= 15 is 0 Å². The normalized spacial score (nSPS) is 11.6. The second kappa shape index (κ2) is 8.45. The number of benzene rings is 2. The lowest BCUT2D eigenvalue weighted by molar-refractivity contribution is -0.123. The van der Waals surface area contributed by atoms with E-state index in [1.165, 1.54) is 11.3 Å². The molecule has 1 aromatic heterocycles. The van der Waals surface area contributed by atoms with E-state index < -0.39 is 6.04 Å². The van der Waals surface area contributed by atoms with Crippen molar-refractivity contribution in [3.8, 4) is 0 Å². The highest BCUT2D eigenvalue weighted by Crippen LogP contribution is 2.16. The van der Waals surface area contributed by atoms with Crippen LogP contribution < -0.4 is 10.6 Å². The number of hydrogen-bond acceptors (Lipinski definition) is 3. The van der Waals surface area contributed by atoms with Gasteiger partial charge in [0.05, 0.1) is 4.88 Å². The molecule has 3 rings (SSSR count). The second-order valence-corrected chi connectivity index (χ2v) is 6.95. The quantitative estimate of drug-likeness (QED) is 0.698. The Morgan fingerprint density at radius 3 is 2.50 bits per heavy atom. The summed E-state index contributed by atoms with van der Waals surface area (Å²) in [4.78, 5) is 25.8. The zero-order valence-corrected chi connectivity index (χ0v) is 15.3. The van der Waals surface area contributed by atoms with Crippen LogP contribution in [0.4, 0.5) is 0 Å². The zero-order valence-electron chi connectivity index (χ0n) is 14.4. The van der Waals surface area contributed by atoms with Gasteiger partial charge in [-0.2, -0.15) is 0 Å². The summed E-state index contributed by atoms with van der Waals surface area (Å²) in [6.07, 6.45) is 0. The Bertz CT molecular complexity index is 876. The van der Waals surface area contributed by atoms with Crippen LogP contribution in [0.25, 0.3) is 0 Å². The van der Waals surface area contributed by atoms with E-state index in [-0.39, 0.29) is 11.8 Å². The van der Waals surface area contributed by atoms with Gasteiger partial charge in [-0.05, 0) is 29.5 Å². The van der Waals surface area contributed by atoms with Crippen LogP contribution in [0.15, 0.2) is 72.1 Å². The van der Waals surface area contributed by atoms with Gasteiger partial charge < -0.3 is 10.6 Å². The summed E-state index contributed by atoms with van der Waals surface area (Å²) in [5.41, 5.74) is 2.91. The van der Waals surface area contributed by atoms with Crippen molar-refractivity contribution in [2.75, 3.05) is 0 Å². The number of carbonyl (C=O) groups is 2. The number of aryl methyl sites for hydroxylation is 1. The molecular weight excluding hydrogens is 344 g/mol. The third-order valence-electron chi connectivity index (χ3n) is 3.96. The van der Waals surface area contributed by atoms with E-state index in [4.69, 9.17) is 0 Å². The van der Waals surface area contributed by atoms with Crippen molar-refractivity contribution in [1.82, 2.24) is 10.6 Å². The maximum Gasteiger partial charge on any atom is 0.262 e. The topological polar surface area (TPSA) is 58.2 Å². The molecule has 0 aliphatic heterocycles. The minimum atomic E-state index is -0.740. The molecule has 2 N–H and O–H groups in total. The number of nitrogens with one attached hydrogen (secondary N) is 2. The fraction of sp³-hybridized carbons (Fsp3) is 0.143. The van der Waals surface area contributed by atoms with E-state index in [0.717, 1.165) is 16.7 Å². The first-order chi connectivity index (χ1) is 12.6. The monoisotopic (exact) mass is 364 g/mol. The fourth-order valence-electron chi connectivity index (χ4n) is 2.67. The van der Waals surface area contributed by atoms with Crippen LogP contribution in [0, 0.1) is 6.92 Å². The van der Waals surface area contributed by atoms with Gasteiger partial charge >= 0.3 is 0 Å². The van der Waals surface area contributed by atoms with Gasteiger partial charge in [0.15, 0.2) is 0 Å². The summed E-state index contributed by atoms with van der Waals surface area (Å²) >= 11 is 1.35. The van der Waals surface area contributed by atoms with Crippen molar-refractivity contribution in [2.45, 2.75) is 19.5 Å². The molecule has 0 spiro atoms. The van der Waals surface area contributed by atoms with Crippen molar-refractivity contribution < 1.29 is 9.59 Å². The molecule has 0 fully saturated rings. The Balaban J connectivity index is 1.74. The van der Waals surface area contributed by atoms with E-state index in [9.17, 15) is 9.59 Å².